The van der Waals surface area contributed by atoms with Crippen molar-refractivity contribution in [3.63, 3.8) is 0 Å². The molecule has 25 heavy (non-hydrogen) atoms. The molecule has 0 aliphatic carbocycles. The third-order valence-electron chi connectivity index (χ3n) is 5.26. The smallest absolute Gasteiger partial charge is 0.262 e. The zero-order chi connectivity index (χ0) is 17.8. The SMILES string of the molecule is Cc1cc(N2CC3CN(S(=O)(=O)c4cn(C)c(C)n4)CC3C2)ncn1. The van der Waals surface area contributed by atoms with Crippen molar-refractivity contribution in [2.75, 3.05) is 31.1 Å². The molecule has 0 aromatic carbocycles. The van der Waals surface area contributed by atoms with Crippen molar-refractivity contribution in [3.05, 3.63) is 30.1 Å². The van der Waals surface area contributed by atoms with Gasteiger partial charge < -0.3 is 9.47 Å². The minimum Gasteiger partial charge on any atom is -0.356 e. The van der Waals surface area contributed by atoms with Crippen LogP contribution in [0.3, 0.4) is 0 Å². The van der Waals surface area contributed by atoms with Gasteiger partial charge in [-0.15, -0.1) is 0 Å². The highest BCUT2D eigenvalue weighted by Gasteiger charge is 2.45. The number of hydrogen-bond donors (Lipinski definition) is 0. The number of sulfonamides is 1. The Hall–Kier alpha value is -2.00. The van der Waals surface area contributed by atoms with Crippen molar-refractivity contribution in [2.24, 2.45) is 18.9 Å². The maximum Gasteiger partial charge on any atom is 0.262 e. The second-order valence-electron chi connectivity index (χ2n) is 7.00. The van der Waals surface area contributed by atoms with Gasteiger partial charge in [0.25, 0.3) is 10.0 Å². The first-order valence-electron chi connectivity index (χ1n) is 8.38. The van der Waals surface area contributed by atoms with Gasteiger partial charge in [0.2, 0.25) is 0 Å². The maximum absolute atomic E-state index is 12.8. The fraction of sp³-hybridized carbons (Fsp3) is 0.562. The summed E-state index contributed by atoms with van der Waals surface area (Å²) in [6.07, 6.45) is 3.17. The lowest BCUT2D eigenvalue weighted by Gasteiger charge is -2.21. The summed E-state index contributed by atoms with van der Waals surface area (Å²) in [7, 11) is -1.71. The molecule has 2 aliphatic rings. The quantitative estimate of drug-likeness (QED) is 0.794. The Bertz CT molecular complexity index is 876. The molecular weight excluding hydrogens is 340 g/mol. The number of fused-ring (bicyclic) bond motifs is 1. The highest BCUT2D eigenvalue weighted by molar-refractivity contribution is 7.89. The Morgan fingerprint density at radius 2 is 1.76 bits per heavy atom. The first-order valence-corrected chi connectivity index (χ1v) is 9.82. The van der Waals surface area contributed by atoms with Gasteiger partial charge in [-0.1, -0.05) is 0 Å². The maximum atomic E-state index is 12.8. The second kappa shape index (κ2) is 5.77. The molecule has 4 heterocycles. The molecule has 4 rings (SSSR count). The number of aryl methyl sites for hydroxylation is 3. The first kappa shape index (κ1) is 16.5. The van der Waals surface area contributed by atoms with Gasteiger partial charge in [-0.2, -0.15) is 4.31 Å². The molecule has 2 aliphatic heterocycles. The average Bonchev–Trinajstić information content (AvgIpc) is 3.21. The fourth-order valence-electron chi connectivity index (χ4n) is 3.73. The monoisotopic (exact) mass is 362 g/mol. The Kier molecular flexibility index (Phi) is 3.80. The van der Waals surface area contributed by atoms with Crippen LogP contribution in [0, 0.1) is 25.7 Å². The predicted octanol–water partition coefficient (Wildman–Crippen LogP) is 0.584. The molecule has 0 spiro atoms. The molecule has 0 saturated carbocycles. The molecule has 2 fully saturated rings. The van der Waals surface area contributed by atoms with Crippen molar-refractivity contribution in [2.45, 2.75) is 18.9 Å². The molecule has 0 amide bonds. The van der Waals surface area contributed by atoms with E-state index in [9.17, 15) is 8.42 Å². The van der Waals surface area contributed by atoms with Gasteiger partial charge in [0, 0.05) is 51.2 Å². The summed E-state index contributed by atoms with van der Waals surface area (Å²) in [6.45, 7) is 6.50. The lowest BCUT2D eigenvalue weighted by atomic mass is 10.0. The molecule has 2 atom stereocenters. The van der Waals surface area contributed by atoms with Crippen LogP contribution in [0.4, 0.5) is 5.82 Å². The van der Waals surface area contributed by atoms with E-state index in [1.165, 1.54) is 0 Å². The van der Waals surface area contributed by atoms with Crippen molar-refractivity contribution in [3.8, 4) is 0 Å². The summed E-state index contributed by atoms with van der Waals surface area (Å²) >= 11 is 0. The Morgan fingerprint density at radius 1 is 1.08 bits per heavy atom. The van der Waals surface area contributed by atoms with Crippen LogP contribution in [0.25, 0.3) is 0 Å². The third kappa shape index (κ3) is 2.81. The van der Waals surface area contributed by atoms with Gasteiger partial charge in [-0.25, -0.2) is 23.4 Å². The van der Waals surface area contributed by atoms with Crippen LogP contribution in [0.5, 0.6) is 0 Å². The number of hydrogen-bond acceptors (Lipinski definition) is 6. The van der Waals surface area contributed by atoms with E-state index in [4.69, 9.17) is 0 Å². The van der Waals surface area contributed by atoms with Crippen LogP contribution in [0.2, 0.25) is 0 Å². The molecule has 2 unspecified atom stereocenters. The summed E-state index contributed by atoms with van der Waals surface area (Å²) < 4.78 is 29.0. The minimum atomic E-state index is -3.51. The van der Waals surface area contributed by atoms with Crippen LogP contribution < -0.4 is 4.90 Å². The highest BCUT2D eigenvalue weighted by Crippen LogP contribution is 2.35. The van der Waals surface area contributed by atoms with Crippen molar-refractivity contribution in [1.29, 1.82) is 0 Å². The molecule has 9 heteroatoms. The van der Waals surface area contributed by atoms with Crippen LogP contribution in [0.1, 0.15) is 11.5 Å². The topological polar surface area (TPSA) is 84.2 Å². The first-order chi connectivity index (χ1) is 11.8. The molecule has 134 valence electrons. The molecule has 2 aromatic rings. The summed E-state index contributed by atoms with van der Waals surface area (Å²) in [6, 6.07) is 1.98. The molecule has 2 saturated heterocycles. The largest absolute Gasteiger partial charge is 0.356 e. The second-order valence-corrected chi connectivity index (χ2v) is 8.89. The van der Waals surface area contributed by atoms with E-state index >= 15 is 0 Å². The normalized spacial score (nSPS) is 24.0. The summed E-state index contributed by atoms with van der Waals surface area (Å²) in [5, 5.41) is 0.149. The molecule has 2 aromatic heterocycles. The highest BCUT2D eigenvalue weighted by atomic mass is 32.2. The summed E-state index contributed by atoms with van der Waals surface area (Å²) in [5.74, 6) is 2.28. The predicted molar refractivity (Wildman–Crippen MR) is 92.7 cm³/mol. The third-order valence-corrected chi connectivity index (χ3v) is 6.96. The lowest BCUT2D eigenvalue weighted by molar-refractivity contribution is 0.451. The zero-order valence-corrected chi connectivity index (χ0v) is 15.4. The van der Waals surface area contributed by atoms with Crippen molar-refractivity contribution >= 4 is 15.8 Å². The van der Waals surface area contributed by atoms with E-state index in [2.05, 4.69) is 19.9 Å². The van der Waals surface area contributed by atoms with E-state index < -0.39 is 10.0 Å². The van der Waals surface area contributed by atoms with E-state index in [0.29, 0.717) is 30.7 Å². The molecular formula is C16H22N6O2S. The van der Waals surface area contributed by atoms with Gasteiger partial charge in [0.15, 0.2) is 5.03 Å². The van der Waals surface area contributed by atoms with Crippen molar-refractivity contribution < 1.29 is 8.42 Å². The molecule has 0 radical (unpaired) electrons. The standard InChI is InChI=1S/C16H22N6O2S/c1-11-4-15(18-10-17-11)21-5-13-7-22(8-14(13)6-21)25(23,24)16-9-20(3)12(2)19-16/h4,9-10,13-14H,5-8H2,1-3H3. The summed E-state index contributed by atoms with van der Waals surface area (Å²) in [4.78, 5) is 14.9. The van der Waals surface area contributed by atoms with Crippen LogP contribution in [-0.2, 0) is 17.1 Å². The number of anilines is 1. The average molecular weight is 362 g/mol. The van der Waals surface area contributed by atoms with E-state index in [1.54, 1.807) is 28.3 Å². The van der Waals surface area contributed by atoms with Gasteiger partial charge in [0.05, 0.1) is 0 Å². The van der Waals surface area contributed by atoms with E-state index in [-0.39, 0.29) is 5.03 Å². The van der Waals surface area contributed by atoms with Gasteiger partial charge in [-0.3, -0.25) is 0 Å². The number of rotatable bonds is 3. The van der Waals surface area contributed by atoms with E-state index in [0.717, 1.165) is 24.6 Å². The fourth-order valence-corrected chi connectivity index (χ4v) is 5.31. The Balaban J connectivity index is 1.49. The minimum absolute atomic E-state index is 0.149. The lowest BCUT2D eigenvalue weighted by Crippen LogP contribution is -2.33. The van der Waals surface area contributed by atoms with Gasteiger partial charge in [0.1, 0.15) is 18.0 Å². The number of nitrogens with zero attached hydrogens (tertiary/aromatic N) is 6. The molecule has 8 nitrogen and oxygen atoms in total. The van der Waals surface area contributed by atoms with E-state index in [1.807, 2.05) is 20.0 Å². The van der Waals surface area contributed by atoms with Crippen LogP contribution in [-0.4, -0.2) is 58.4 Å². The van der Waals surface area contributed by atoms with Gasteiger partial charge >= 0.3 is 0 Å². The van der Waals surface area contributed by atoms with Crippen molar-refractivity contribution in [1.82, 2.24) is 23.8 Å². The number of imidazole rings is 1. The van der Waals surface area contributed by atoms with Crippen LogP contribution >= 0.6 is 0 Å². The van der Waals surface area contributed by atoms with Crippen LogP contribution in [0.15, 0.2) is 23.6 Å². The zero-order valence-electron chi connectivity index (χ0n) is 14.6. The summed E-state index contributed by atoms with van der Waals surface area (Å²) in [5.41, 5.74) is 0.941. The number of aromatic nitrogens is 4. The molecule has 0 bridgehead atoms. The molecule has 0 N–H and O–H groups in total. The Labute approximate surface area is 147 Å². The Morgan fingerprint density at radius 3 is 2.32 bits per heavy atom. The van der Waals surface area contributed by atoms with Gasteiger partial charge in [-0.05, 0) is 25.7 Å².